The van der Waals surface area contributed by atoms with Gasteiger partial charge in [-0.05, 0) is 56.7 Å². The highest BCUT2D eigenvalue weighted by Crippen LogP contribution is 2.41. The van der Waals surface area contributed by atoms with Crippen LogP contribution < -0.4 is 0 Å². The SMILES string of the molecule is CC(C)C1(N2CCN(CCc3cccc(F)c3)CC2)CCOC(C)(C)C1. The second kappa shape index (κ2) is 7.95. The summed E-state index contributed by atoms with van der Waals surface area (Å²) in [5.41, 5.74) is 1.32. The van der Waals surface area contributed by atoms with Gasteiger partial charge in [-0.1, -0.05) is 26.0 Å². The summed E-state index contributed by atoms with van der Waals surface area (Å²) in [7, 11) is 0. The molecule has 0 bridgehead atoms. The molecule has 0 aliphatic carbocycles. The van der Waals surface area contributed by atoms with Crippen LogP contribution in [0, 0.1) is 11.7 Å². The van der Waals surface area contributed by atoms with Crippen LogP contribution in [0.3, 0.4) is 0 Å². The molecular weight excluding hydrogens is 327 g/mol. The van der Waals surface area contributed by atoms with E-state index in [1.165, 1.54) is 6.07 Å². The molecule has 2 saturated heterocycles. The molecule has 3 nitrogen and oxygen atoms in total. The third-order valence-electron chi connectivity index (χ3n) is 6.44. The zero-order chi connectivity index (χ0) is 18.8. The second-order valence-corrected chi connectivity index (χ2v) is 9.00. The van der Waals surface area contributed by atoms with Crippen LogP contribution >= 0.6 is 0 Å². The van der Waals surface area contributed by atoms with Crippen molar-refractivity contribution in [1.29, 1.82) is 0 Å². The van der Waals surface area contributed by atoms with Gasteiger partial charge >= 0.3 is 0 Å². The van der Waals surface area contributed by atoms with E-state index in [1.807, 2.05) is 12.1 Å². The van der Waals surface area contributed by atoms with Gasteiger partial charge in [0.15, 0.2) is 0 Å². The summed E-state index contributed by atoms with van der Waals surface area (Å²) in [6, 6.07) is 7.01. The van der Waals surface area contributed by atoms with Crippen LogP contribution in [0.1, 0.15) is 46.1 Å². The maximum Gasteiger partial charge on any atom is 0.123 e. The van der Waals surface area contributed by atoms with Gasteiger partial charge in [-0.15, -0.1) is 0 Å². The maximum absolute atomic E-state index is 13.3. The molecule has 2 fully saturated rings. The molecule has 0 aromatic heterocycles. The van der Waals surface area contributed by atoms with Gasteiger partial charge in [0.05, 0.1) is 5.60 Å². The highest BCUT2D eigenvalue weighted by Gasteiger charge is 2.47. The van der Waals surface area contributed by atoms with Gasteiger partial charge in [-0.25, -0.2) is 4.39 Å². The van der Waals surface area contributed by atoms with Gasteiger partial charge in [-0.3, -0.25) is 4.90 Å². The van der Waals surface area contributed by atoms with E-state index in [0.29, 0.717) is 5.92 Å². The highest BCUT2D eigenvalue weighted by atomic mass is 19.1. The summed E-state index contributed by atoms with van der Waals surface area (Å²) in [5, 5.41) is 0. The lowest BCUT2D eigenvalue weighted by atomic mass is 9.72. The standard InChI is InChI=1S/C22H35FN2O/c1-18(2)22(9-15-26-21(3,4)17-22)25-13-11-24(12-14-25)10-8-19-6-5-7-20(23)16-19/h5-7,16,18H,8-15,17H2,1-4H3. The molecule has 146 valence electrons. The van der Waals surface area contributed by atoms with Crippen molar-refractivity contribution >= 4 is 0 Å². The Bertz CT molecular complexity index is 596. The van der Waals surface area contributed by atoms with Gasteiger partial charge in [0.25, 0.3) is 0 Å². The van der Waals surface area contributed by atoms with E-state index < -0.39 is 0 Å². The van der Waals surface area contributed by atoms with E-state index in [1.54, 1.807) is 6.07 Å². The van der Waals surface area contributed by atoms with E-state index in [4.69, 9.17) is 4.74 Å². The highest BCUT2D eigenvalue weighted by molar-refractivity contribution is 5.16. The molecule has 0 amide bonds. The molecule has 0 N–H and O–H groups in total. The van der Waals surface area contributed by atoms with E-state index >= 15 is 0 Å². The first-order chi connectivity index (χ1) is 12.3. The number of nitrogens with zero attached hydrogens (tertiary/aromatic N) is 2. The van der Waals surface area contributed by atoms with Gasteiger partial charge in [0.2, 0.25) is 0 Å². The van der Waals surface area contributed by atoms with Crippen molar-refractivity contribution in [2.24, 2.45) is 5.92 Å². The van der Waals surface area contributed by atoms with Crippen LogP contribution in [0.25, 0.3) is 0 Å². The van der Waals surface area contributed by atoms with Crippen LogP contribution in [0.5, 0.6) is 0 Å². The van der Waals surface area contributed by atoms with Crippen molar-refractivity contribution in [2.45, 2.75) is 58.1 Å². The molecule has 1 aromatic carbocycles. The Labute approximate surface area is 158 Å². The van der Waals surface area contributed by atoms with Crippen molar-refractivity contribution in [3.63, 3.8) is 0 Å². The van der Waals surface area contributed by atoms with Crippen molar-refractivity contribution in [1.82, 2.24) is 9.80 Å². The fourth-order valence-electron chi connectivity index (χ4n) is 4.91. The molecule has 2 heterocycles. The third kappa shape index (κ3) is 4.47. The van der Waals surface area contributed by atoms with Crippen LogP contribution in [-0.4, -0.2) is 60.3 Å². The van der Waals surface area contributed by atoms with E-state index in [2.05, 4.69) is 37.5 Å². The van der Waals surface area contributed by atoms with Gasteiger partial charge in [0, 0.05) is 44.9 Å². The summed E-state index contributed by atoms with van der Waals surface area (Å²) >= 11 is 0. The minimum Gasteiger partial charge on any atom is -0.375 e. The molecule has 0 saturated carbocycles. The average Bonchev–Trinajstić information content (AvgIpc) is 2.59. The van der Waals surface area contributed by atoms with Crippen LogP contribution in [-0.2, 0) is 11.2 Å². The molecule has 3 rings (SSSR count). The Morgan fingerprint density at radius 3 is 2.50 bits per heavy atom. The lowest BCUT2D eigenvalue weighted by Crippen LogP contribution is -2.63. The molecule has 2 aliphatic rings. The Morgan fingerprint density at radius 2 is 1.88 bits per heavy atom. The first-order valence-corrected chi connectivity index (χ1v) is 10.2. The molecule has 26 heavy (non-hydrogen) atoms. The van der Waals surface area contributed by atoms with E-state index in [9.17, 15) is 4.39 Å². The summed E-state index contributed by atoms with van der Waals surface area (Å²) < 4.78 is 19.4. The minimum absolute atomic E-state index is 0.0307. The molecule has 1 atom stereocenters. The number of benzene rings is 1. The molecule has 0 radical (unpaired) electrons. The zero-order valence-electron chi connectivity index (χ0n) is 16.9. The number of hydrogen-bond donors (Lipinski definition) is 0. The largest absolute Gasteiger partial charge is 0.375 e. The average molecular weight is 363 g/mol. The Kier molecular flexibility index (Phi) is 6.05. The summed E-state index contributed by atoms with van der Waals surface area (Å²) in [5.74, 6) is 0.498. The quantitative estimate of drug-likeness (QED) is 0.788. The topological polar surface area (TPSA) is 15.7 Å². The zero-order valence-corrected chi connectivity index (χ0v) is 16.9. The van der Waals surface area contributed by atoms with E-state index in [0.717, 1.165) is 64.2 Å². The Balaban J connectivity index is 1.56. The number of halogens is 1. The molecule has 2 aliphatic heterocycles. The van der Waals surface area contributed by atoms with Gasteiger partial charge in [0.1, 0.15) is 5.82 Å². The number of hydrogen-bond acceptors (Lipinski definition) is 3. The van der Waals surface area contributed by atoms with Gasteiger partial charge < -0.3 is 9.64 Å². The third-order valence-corrected chi connectivity index (χ3v) is 6.44. The fraction of sp³-hybridized carbons (Fsp3) is 0.727. The second-order valence-electron chi connectivity index (χ2n) is 9.00. The number of rotatable bonds is 5. The first kappa shape index (κ1) is 19.8. The Hall–Kier alpha value is -0.970. The van der Waals surface area contributed by atoms with Crippen molar-refractivity contribution in [3.05, 3.63) is 35.6 Å². The van der Waals surface area contributed by atoms with Crippen LogP contribution in [0.2, 0.25) is 0 Å². The number of piperazine rings is 1. The fourth-order valence-corrected chi connectivity index (χ4v) is 4.91. The molecule has 0 spiro atoms. The van der Waals surface area contributed by atoms with Gasteiger partial charge in [-0.2, -0.15) is 0 Å². The monoisotopic (exact) mass is 362 g/mol. The number of ether oxygens (including phenoxy) is 1. The molecule has 1 unspecified atom stereocenters. The molecule has 4 heteroatoms. The lowest BCUT2D eigenvalue weighted by molar-refractivity contribution is -0.142. The molecular formula is C22H35FN2O. The van der Waals surface area contributed by atoms with Crippen molar-refractivity contribution in [2.75, 3.05) is 39.3 Å². The van der Waals surface area contributed by atoms with Crippen molar-refractivity contribution in [3.8, 4) is 0 Å². The predicted octanol–water partition coefficient (Wildman–Crippen LogP) is 3.97. The summed E-state index contributed by atoms with van der Waals surface area (Å²) in [6.45, 7) is 15.5. The predicted molar refractivity (Wildman–Crippen MR) is 105 cm³/mol. The maximum atomic E-state index is 13.3. The Morgan fingerprint density at radius 1 is 1.15 bits per heavy atom. The smallest absolute Gasteiger partial charge is 0.123 e. The summed E-state index contributed by atoms with van der Waals surface area (Å²) in [6.07, 6.45) is 3.17. The first-order valence-electron chi connectivity index (χ1n) is 10.2. The van der Waals surface area contributed by atoms with Crippen LogP contribution in [0.15, 0.2) is 24.3 Å². The normalized spacial score (nSPS) is 27.8. The van der Waals surface area contributed by atoms with Crippen molar-refractivity contribution < 1.29 is 9.13 Å². The van der Waals surface area contributed by atoms with Crippen LogP contribution in [0.4, 0.5) is 4.39 Å². The lowest BCUT2D eigenvalue weighted by Gasteiger charge is -2.55. The minimum atomic E-state index is -0.131. The molecule has 1 aromatic rings. The van der Waals surface area contributed by atoms with E-state index in [-0.39, 0.29) is 17.0 Å². The summed E-state index contributed by atoms with van der Waals surface area (Å²) in [4.78, 5) is 5.26.